The van der Waals surface area contributed by atoms with E-state index in [4.69, 9.17) is 0 Å². The van der Waals surface area contributed by atoms with Crippen molar-refractivity contribution in [1.29, 1.82) is 5.26 Å². The van der Waals surface area contributed by atoms with E-state index >= 15 is 0 Å². The zero-order chi connectivity index (χ0) is 14.8. The van der Waals surface area contributed by atoms with Crippen molar-refractivity contribution in [1.82, 2.24) is 4.98 Å². The number of hydrogen-bond acceptors (Lipinski definition) is 3. The third kappa shape index (κ3) is 2.63. The van der Waals surface area contributed by atoms with Crippen LogP contribution in [0.4, 0.5) is 0 Å². The number of nitrogens with zero attached hydrogens (tertiary/aromatic N) is 2. The van der Waals surface area contributed by atoms with Crippen LogP contribution in [0.5, 0.6) is 0 Å². The highest BCUT2D eigenvalue weighted by Gasteiger charge is 2.10. The Morgan fingerprint density at radius 3 is 2.62 bits per heavy atom. The fraction of sp³-hybridized carbons (Fsp3) is 0.111. The van der Waals surface area contributed by atoms with Crippen molar-refractivity contribution in [2.75, 3.05) is 0 Å². The monoisotopic (exact) mass is 290 g/mol. The molecule has 0 aliphatic heterocycles. The van der Waals surface area contributed by atoms with Crippen LogP contribution in [0.15, 0.2) is 58.5 Å². The van der Waals surface area contributed by atoms with E-state index in [2.05, 4.69) is 43.1 Å². The second-order valence-electron chi connectivity index (χ2n) is 4.98. The van der Waals surface area contributed by atoms with Crippen LogP contribution in [0, 0.1) is 25.2 Å². The van der Waals surface area contributed by atoms with Crippen LogP contribution >= 0.6 is 11.8 Å². The molecule has 3 heteroatoms. The number of aryl methyl sites for hydroxylation is 2. The lowest BCUT2D eigenvalue weighted by molar-refractivity contribution is 1.26. The number of para-hydroxylation sites is 1. The molecule has 0 amide bonds. The molecule has 102 valence electrons. The minimum Gasteiger partial charge on any atom is -0.255 e. The zero-order valence-electron chi connectivity index (χ0n) is 11.9. The molecule has 1 aromatic heterocycles. The van der Waals surface area contributed by atoms with Crippen molar-refractivity contribution in [3.63, 3.8) is 0 Å². The molecule has 0 radical (unpaired) electrons. The van der Waals surface area contributed by atoms with E-state index in [1.807, 2.05) is 24.3 Å². The van der Waals surface area contributed by atoms with Gasteiger partial charge in [-0.3, -0.25) is 4.98 Å². The predicted octanol–water partition coefficient (Wildman–Crippen LogP) is 4.87. The zero-order valence-corrected chi connectivity index (χ0v) is 12.7. The van der Waals surface area contributed by atoms with Gasteiger partial charge in [0.15, 0.2) is 0 Å². The Morgan fingerprint density at radius 2 is 1.86 bits per heavy atom. The summed E-state index contributed by atoms with van der Waals surface area (Å²) in [4.78, 5) is 6.47. The van der Waals surface area contributed by atoms with Gasteiger partial charge in [-0.05, 0) is 43.2 Å². The first-order chi connectivity index (χ1) is 10.2. The van der Waals surface area contributed by atoms with Gasteiger partial charge in [0.1, 0.15) is 6.07 Å². The summed E-state index contributed by atoms with van der Waals surface area (Å²) in [6, 6.07) is 16.6. The summed E-state index contributed by atoms with van der Waals surface area (Å²) in [7, 11) is 0. The highest BCUT2D eigenvalue weighted by atomic mass is 32.2. The molecule has 0 unspecified atom stereocenters. The van der Waals surface area contributed by atoms with E-state index in [1.54, 1.807) is 18.0 Å². The summed E-state index contributed by atoms with van der Waals surface area (Å²) in [5.74, 6) is 0. The first-order valence-electron chi connectivity index (χ1n) is 6.72. The van der Waals surface area contributed by atoms with Gasteiger partial charge in [0.05, 0.1) is 11.1 Å². The van der Waals surface area contributed by atoms with E-state index in [9.17, 15) is 5.26 Å². The molecule has 0 fully saturated rings. The molecule has 21 heavy (non-hydrogen) atoms. The van der Waals surface area contributed by atoms with Crippen LogP contribution in [-0.2, 0) is 0 Å². The Hall–Kier alpha value is -2.31. The van der Waals surface area contributed by atoms with Crippen LogP contribution in [0.2, 0.25) is 0 Å². The molecule has 0 aliphatic rings. The normalized spacial score (nSPS) is 10.5. The van der Waals surface area contributed by atoms with Crippen molar-refractivity contribution >= 4 is 22.7 Å². The van der Waals surface area contributed by atoms with Crippen molar-refractivity contribution in [2.45, 2.75) is 23.6 Å². The van der Waals surface area contributed by atoms with Gasteiger partial charge in [-0.25, -0.2) is 0 Å². The van der Waals surface area contributed by atoms with Crippen LogP contribution in [0.1, 0.15) is 16.7 Å². The molecule has 0 N–H and O–H groups in total. The second-order valence-corrected chi connectivity index (χ2v) is 6.06. The van der Waals surface area contributed by atoms with Gasteiger partial charge < -0.3 is 0 Å². The maximum Gasteiger partial charge on any atom is 0.102 e. The maximum atomic E-state index is 9.35. The predicted molar refractivity (Wildman–Crippen MR) is 86.5 cm³/mol. The summed E-state index contributed by atoms with van der Waals surface area (Å²) in [6.07, 6.45) is 1.66. The standard InChI is InChI=1S/C18H14N2S/c1-12-7-8-15(9-13(12)2)21-18-14(10-19)11-20-17-6-4-3-5-16(17)18/h3-9,11H,1-2H3. The van der Waals surface area contributed by atoms with Crippen LogP contribution in [0.3, 0.4) is 0 Å². The highest BCUT2D eigenvalue weighted by molar-refractivity contribution is 7.99. The molecule has 0 aliphatic carbocycles. The minimum atomic E-state index is 0.622. The smallest absolute Gasteiger partial charge is 0.102 e. The fourth-order valence-corrected chi connectivity index (χ4v) is 3.30. The maximum absolute atomic E-state index is 9.35. The topological polar surface area (TPSA) is 36.7 Å². The molecule has 3 aromatic rings. The van der Waals surface area contributed by atoms with Gasteiger partial charge in [0.25, 0.3) is 0 Å². The number of rotatable bonds is 2. The average Bonchev–Trinajstić information content (AvgIpc) is 2.51. The first-order valence-corrected chi connectivity index (χ1v) is 7.53. The molecule has 0 saturated carbocycles. The fourth-order valence-electron chi connectivity index (χ4n) is 2.20. The third-order valence-corrected chi connectivity index (χ3v) is 4.68. The van der Waals surface area contributed by atoms with Gasteiger partial charge in [-0.2, -0.15) is 5.26 Å². The SMILES string of the molecule is Cc1ccc(Sc2c(C#N)cnc3ccccc23)cc1C. The average molecular weight is 290 g/mol. The Bertz CT molecular complexity index is 863. The molecule has 0 saturated heterocycles. The Kier molecular flexibility index (Phi) is 3.64. The van der Waals surface area contributed by atoms with Crippen LogP contribution in [-0.4, -0.2) is 4.98 Å². The number of fused-ring (bicyclic) bond motifs is 1. The van der Waals surface area contributed by atoms with E-state index in [0.717, 1.165) is 20.7 Å². The summed E-state index contributed by atoms with van der Waals surface area (Å²) in [5.41, 5.74) is 4.08. The molecule has 0 atom stereocenters. The first kappa shape index (κ1) is 13.7. The number of nitriles is 1. The summed E-state index contributed by atoms with van der Waals surface area (Å²) >= 11 is 1.63. The van der Waals surface area contributed by atoms with Crippen LogP contribution in [0.25, 0.3) is 10.9 Å². The van der Waals surface area contributed by atoms with Crippen molar-refractivity contribution in [3.8, 4) is 6.07 Å². The molecule has 2 nitrogen and oxygen atoms in total. The molecular weight excluding hydrogens is 276 g/mol. The van der Waals surface area contributed by atoms with Crippen molar-refractivity contribution in [3.05, 3.63) is 65.4 Å². The third-order valence-electron chi connectivity index (χ3n) is 3.54. The molecular formula is C18H14N2S. The molecule has 0 bridgehead atoms. The van der Waals surface area contributed by atoms with E-state index in [0.29, 0.717) is 5.56 Å². The van der Waals surface area contributed by atoms with Crippen LogP contribution < -0.4 is 0 Å². The number of hydrogen-bond donors (Lipinski definition) is 0. The lowest BCUT2D eigenvalue weighted by atomic mass is 10.1. The van der Waals surface area contributed by atoms with E-state index in [-0.39, 0.29) is 0 Å². The molecule has 3 rings (SSSR count). The largest absolute Gasteiger partial charge is 0.255 e. The number of pyridine rings is 1. The lowest BCUT2D eigenvalue weighted by Gasteiger charge is -2.09. The Morgan fingerprint density at radius 1 is 1.05 bits per heavy atom. The quantitative estimate of drug-likeness (QED) is 0.675. The van der Waals surface area contributed by atoms with E-state index in [1.165, 1.54) is 11.1 Å². The van der Waals surface area contributed by atoms with Gasteiger partial charge in [-0.15, -0.1) is 0 Å². The molecule has 2 aromatic carbocycles. The van der Waals surface area contributed by atoms with Crippen molar-refractivity contribution in [2.24, 2.45) is 0 Å². The Labute approximate surface area is 128 Å². The summed E-state index contributed by atoms with van der Waals surface area (Å²) in [5, 5.41) is 10.4. The molecule has 0 spiro atoms. The van der Waals surface area contributed by atoms with Gasteiger partial charge in [0.2, 0.25) is 0 Å². The summed E-state index contributed by atoms with van der Waals surface area (Å²) in [6.45, 7) is 4.21. The Balaban J connectivity index is 2.14. The van der Waals surface area contributed by atoms with Gasteiger partial charge in [-0.1, -0.05) is 36.0 Å². The highest BCUT2D eigenvalue weighted by Crippen LogP contribution is 2.35. The number of benzene rings is 2. The number of aromatic nitrogens is 1. The second kappa shape index (κ2) is 5.59. The molecule has 1 heterocycles. The van der Waals surface area contributed by atoms with Gasteiger partial charge in [0, 0.05) is 21.4 Å². The van der Waals surface area contributed by atoms with Gasteiger partial charge >= 0.3 is 0 Å². The lowest BCUT2D eigenvalue weighted by Crippen LogP contribution is -1.89. The minimum absolute atomic E-state index is 0.622. The van der Waals surface area contributed by atoms with Crippen molar-refractivity contribution < 1.29 is 0 Å². The van der Waals surface area contributed by atoms with E-state index < -0.39 is 0 Å². The summed E-state index contributed by atoms with van der Waals surface area (Å²) < 4.78 is 0.